The quantitative estimate of drug-likeness (QED) is 0.777. The highest BCUT2D eigenvalue weighted by atomic mass is 32.1. The average Bonchev–Trinajstić information content (AvgIpc) is 2.62. The Balaban J connectivity index is 2.85. The van der Waals surface area contributed by atoms with Crippen LogP contribution in [0.25, 0.3) is 0 Å². The lowest BCUT2D eigenvalue weighted by molar-refractivity contribution is 0.102. The number of hydrogen-bond acceptors (Lipinski definition) is 4. The van der Waals surface area contributed by atoms with Gasteiger partial charge in [0.25, 0.3) is 0 Å². The number of nitrogens with zero attached hydrogens (tertiary/aromatic N) is 1. The topological polar surface area (TPSA) is 46.3 Å². The first-order valence-electron chi connectivity index (χ1n) is 5.75. The van der Waals surface area contributed by atoms with Crippen molar-refractivity contribution in [3.05, 3.63) is 10.9 Å². The van der Waals surface area contributed by atoms with Crippen molar-refractivity contribution in [3.8, 4) is 0 Å². The van der Waals surface area contributed by atoms with Crippen molar-refractivity contribution >= 4 is 27.8 Å². The summed E-state index contributed by atoms with van der Waals surface area (Å²) in [7, 11) is 0. The van der Waals surface area contributed by atoms with Crippen molar-refractivity contribution in [1.29, 1.82) is 0 Å². The molecular weight excluding hydrogens is 220 g/mol. The van der Waals surface area contributed by atoms with E-state index in [9.17, 15) is 4.79 Å². The normalized spacial score (nSPS) is 10.4. The van der Waals surface area contributed by atoms with Crippen LogP contribution in [0.15, 0.2) is 6.07 Å². The zero-order chi connectivity index (χ0) is 12.1. The number of anilines is 2. The molecular formula is C12H20N2OS. The summed E-state index contributed by atoms with van der Waals surface area (Å²) in [6.45, 7) is 7.85. The molecule has 0 aliphatic heterocycles. The van der Waals surface area contributed by atoms with Gasteiger partial charge in [-0.15, -0.1) is 11.3 Å². The molecule has 3 nitrogen and oxygen atoms in total. The molecule has 1 aromatic heterocycles. The third kappa shape index (κ3) is 2.98. The Hall–Kier alpha value is -1.03. The highest BCUT2D eigenvalue weighted by molar-refractivity contribution is 7.18. The number of rotatable bonds is 6. The van der Waals surface area contributed by atoms with Gasteiger partial charge in [0.1, 0.15) is 0 Å². The van der Waals surface area contributed by atoms with Crippen LogP contribution in [-0.2, 0) is 0 Å². The Morgan fingerprint density at radius 3 is 2.62 bits per heavy atom. The molecule has 16 heavy (non-hydrogen) atoms. The number of thiophene rings is 1. The number of carbonyl (C=O) groups is 1. The maximum absolute atomic E-state index is 11.3. The number of ketones is 1. The molecule has 0 spiro atoms. The van der Waals surface area contributed by atoms with E-state index in [0.717, 1.165) is 18.1 Å². The number of unbranched alkanes of at least 4 members (excludes halogenated alkanes) is 1. The molecule has 0 aliphatic carbocycles. The van der Waals surface area contributed by atoms with Gasteiger partial charge in [0.05, 0.1) is 15.6 Å². The third-order valence-corrected chi connectivity index (χ3v) is 3.86. The van der Waals surface area contributed by atoms with Crippen molar-refractivity contribution in [2.45, 2.75) is 33.6 Å². The lowest BCUT2D eigenvalue weighted by atomic mass is 10.3. The maximum atomic E-state index is 11.3. The molecule has 0 saturated carbocycles. The predicted octanol–water partition coefficient (Wildman–Crippen LogP) is 3.16. The number of carbonyl (C=O) groups excluding carboxylic acids is 1. The first-order valence-corrected chi connectivity index (χ1v) is 6.57. The van der Waals surface area contributed by atoms with Gasteiger partial charge in [0.15, 0.2) is 5.78 Å². The summed E-state index contributed by atoms with van der Waals surface area (Å²) in [4.78, 5) is 14.3. The summed E-state index contributed by atoms with van der Waals surface area (Å²) in [5, 5.41) is 1.11. The molecule has 90 valence electrons. The van der Waals surface area contributed by atoms with Crippen LogP contribution in [0.2, 0.25) is 0 Å². The van der Waals surface area contributed by atoms with Crippen LogP contribution in [0, 0.1) is 0 Å². The molecule has 2 N–H and O–H groups in total. The molecule has 0 aliphatic rings. The summed E-state index contributed by atoms with van der Waals surface area (Å²) in [5.74, 6) is 0.0558. The monoisotopic (exact) mass is 240 g/mol. The van der Waals surface area contributed by atoms with E-state index in [2.05, 4.69) is 18.7 Å². The van der Waals surface area contributed by atoms with E-state index in [1.807, 2.05) is 6.07 Å². The molecule has 0 radical (unpaired) electrons. The van der Waals surface area contributed by atoms with Crippen LogP contribution >= 0.6 is 11.3 Å². The second-order valence-electron chi connectivity index (χ2n) is 3.86. The lowest BCUT2D eigenvalue weighted by Crippen LogP contribution is -2.22. The first kappa shape index (κ1) is 13.0. The van der Waals surface area contributed by atoms with Gasteiger partial charge in [0.2, 0.25) is 0 Å². The van der Waals surface area contributed by atoms with Crippen molar-refractivity contribution in [2.75, 3.05) is 23.7 Å². The van der Waals surface area contributed by atoms with Gasteiger partial charge in [-0.2, -0.15) is 0 Å². The van der Waals surface area contributed by atoms with E-state index in [-0.39, 0.29) is 5.78 Å². The maximum Gasteiger partial charge on any atom is 0.171 e. The van der Waals surface area contributed by atoms with Crippen LogP contribution in [-0.4, -0.2) is 18.9 Å². The van der Waals surface area contributed by atoms with Gasteiger partial charge in [-0.05, 0) is 19.4 Å². The zero-order valence-corrected chi connectivity index (χ0v) is 11.1. The largest absolute Gasteiger partial charge is 0.397 e. The number of hydrogen-bond donors (Lipinski definition) is 1. The average molecular weight is 240 g/mol. The molecule has 0 unspecified atom stereocenters. The third-order valence-electron chi connectivity index (χ3n) is 2.54. The van der Waals surface area contributed by atoms with Crippen LogP contribution in [0.4, 0.5) is 10.7 Å². The lowest BCUT2D eigenvalue weighted by Gasteiger charge is -2.20. The molecule has 0 bridgehead atoms. The van der Waals surface area contributed by atoms with Crippen LogP contribution in [0.5, 0.6) is 0 Å². The Morgan fingerprint density at radius 1 is 1.50 bits per heavy atom. The van der Waals surface area contributed by atoms with Crippen molar-refractivity contribution in [1.82, 2.24) is 0 Å². The van der Waals surface area contributed by atoms with Gasteiger partial charge in [-0.25, -0.2) is 0 Å². The molecule has 0 aromatic carbocycles. The second-order valence-corrected chi connectivity index (χ2v) is 4.89. The highest BCUT2D eigenvalue weighted by Crippen LogP contribution is 2.32. The Labute approximate surface area is 101 Å². The Bertz CT molecular complexity index is 360. The van der Waals surface area contributed by atoms with Crippen molar-refractivity contribution in [2.24, 2.45) is 0 Å². The van der Waals surface area contributed by atoms with E-state index in [4.69, 9.17) is 5.73 Å². The van der Waals surface area contributed by atoms with E-state index in [0.29, 0.717) is 10.6 Å². The fourth-order valence-electron chi connectivity index (χ4n) is 1.60. The van der Waals surface area contributed by atoms with E-state index in [1.54, 1.807) is 6.92 Å². The van der Waals surface area contributed by atoms with Gasteiger partial charge >= 0.3 is 0 Å². The fraction of sp³-hybridized carbons (Fsp3) is 0.583. The summed E-state index contributed by atoms with van der Waals surface area (Å²) < 4.78 is 0. The summed E-state index contributed by atoms with van der Waals surface area (Å²) in [5.41, 5.74) is 6.44. The molecule has 1 rings (SSSR count). The second kappa shape index (κ2) is 5.89. The van der Waals surface area contributed by atoms with Gasteiger partial charge in [-0.3, -0.25) is 4.79 Å². The number of nitrogens with two attached hydrogens (primary N) is 1. The Kier molecular flexibility index (Phi) is 4.80. The molecule has 0 amide bonds. The minimum absolute atomic E-state index is 0.0558. The molecule has 1 heterocycles. The van der Waals surface area contributed by atoms with E-state index >= 15 is 0 Å². The molecule has 1 aromatic rings. The summed E-state index contributed by atoms with van der Waals surface area (Å²) in [6.07, 6.45) is 2.35. The molecule has 0 atom stereocenters. The minimum Gasteiger partial charge on any atom is -0.397 e. The fourth-order valence-corrected chi connectivity index (χ4v) is 2.66. The molecule has 0 saturated heterocycles. The summed E-state index contributed by atoms with van der Waals surface area (Å²) >= 11 is 1.50. The van der Waals surface area contributed by atoms with Crippen LogP contribution < -0.4 is 10.6 Å². The van der Waals surface area contributed by atoms with Gasteiger partial charge in [0, 0.05) is 20.0 Å². The van der Waals surface area contributed by atoms with Crippen molar-refractivity contribution < 1.29 is 4.79 Å². The predicted molar refractivity (Wildman–Crippen MR) is 71.5 cm³/mol. The van der Waals surface area contributed by atoms with E-state index in [1.165, 1.54) is 24.2 Å². The SMILES string of the molecule is CCCCN(CC)c1cc(N)c(C(C)=O)s1. The molecule has 4 heteroatoms. The molecule has 0 fully saturated rings. The van der Waals surface area contributed by atoms with Crippen LogP contribution in [0.1, 0.15) is 43.3 Å². The minimum atomic E-state index is 0.0558. The number of Topliss-reactive ketones (excluding diaryl/α,β-unsaturated/α-hetero) is 1. The standard InChI is InChI=1S/C12H20N2OS/c1-4-6-7-14(5-2)11-8-10(13)12(16-11)9(3)15/h8H,4-7,13H2,1-3H3. The van der Waals surface area contributed by atoms with Crippen molar-refractivity contribution in [3.63, 3.8) is 0 Å². The zero-order valence-electron chi connectivity index (χ0n) is 10.2. The van der Waals surface area contributed by atoms with Gasteiger partial charge in [-0.1, -0.05) is 13.3 Å². The Morgan fingerprint density at radius 2 is 2.19 bits per heavy atom. The highest BCUT2D eigenvalue weighted by Gasteiger charge is 2.13. The first-order chi connectivity index (χ1) is 7.60. The van der Waals surface area contributed by atoms with Crippen LogP contribution in [0.3, 0.4) is 0 Å². The van der Waals surface area contributed by atoms with E-state index < -0.39 is 0 Å². The van der Waals surface area contributed by atoms with Gasteiger partial charge < -0.3 is 10.6 Å². The summed E-state index contributed by atoms with van der Waals surface area (Å²) in [6, 6.07) is 1.92. The smallest absolute Gasteiger partial charge is 0.171 e. The number of nitrogen functional groups attached to an aromatic ring is 1.